The number of nitrogens with one attached hydrogen (secondary N) is 1. The topological polar surface area (TPSA) is 81.9 Å². The van der Waals surface area contributed by atoms with E-state index >= 15 is 0 Å². The third kappa shape index (κ3) is 5.00. The molecule has 3 fully saturated rings. The first-order chi connectivity index (χ1) is 18.0. The Morgan fingerprint density at radius 1 is 1.08 bits per heavy atom. The van der Waals surface area contributed by atoms with Gasteiger partial charge in [0, 0.05) is 69.5 Å². The van der Waals surface area contributed by atoms with Crippen LogP contribution in [0.4, 0.5) is 0 Å². The number of likely N-dealkylation sites (tertiary alicyclic amines) is 1. The number of likely N-dealkylation sites (N-methyl/N-ethyl adjacent to an activating group) is 1. The summed E-state index contributed by atoms with van der Waals surface area (Å²) in [7, 11) is 2.16. The highest BCUT2D eigenvalue weighted by Crippen LogP contribution is 2.59. The van der Waals surface area contributed by atoms with Gasteiger partial charge in [0.15, 0.2) is 11.3 Å². The number of benzene rings is 1. The molecule has 1 aliphatic carbocycles. The van der Waals surface area contributed by atoms with E-state index in [1.54, 1.807) is 18.5 Å². The average Bonchev–Trinajstić information content (AvgIpc) is 3.39. The lowest BCUT2D eigenvalue weighted by molar-refractivity contribution is 0.0665. The van der Waals surface area contributed by atoms with Gasteiger partial charge in [-0.3, -0.25) is 19.5 Å². The third-order valence-corrected chi connectivity index (χ3v) is 8.70. The van der Waals surface area contributed by atoms with E-state index in [1.165, 1.54) is 0 Å². The Bertz CT molecular complexity index is 1250. The fourth-order valence-corrected chi connectivity index (χ4v) is 6.07. The Labute approximate surface area is 217 Å². The monoisotopic (exact) mass is 501 g/mol. The van der Waals surface area contributed by atoms with E-state index in [4.69, 9.17) is 4.42 Å². The normalized spacial score (nSPS) is 21.9. The summed E-state index contributed by atoms with van der Waals surface area (Å²) in [5, 5.41) is 3.94. The van der Waals surface area contributed by atoms with Crippen LogP contribution in [-0.2, 0) is 6.54 Å². The van der Waals surface area contributed by atoms with Crippen molar-refractivity contribution in [2.24, 2.45) is 11.3 Å². The summed E-state index contributed by atoms with van der Waals surface area (Å²) >= 11 is 0. The molecular formula is C29H35N5O3. The van der Waals surface area contributed by atoms with Gasteiger partial charge in [-0.05, 0) is 61.4 Å². The van der Waals surface area contributed by atoms with Crippen molar-refractivity contribution in [2.45, 2.75) is 25.8 Å². The van der Waals surface area contributed by atoms with Gasteiger partial charge in [-0.15, -0.1) is 0 Å². The Morgan fingerprint density at radius 2 is 1.86 bits per heavy atom. The first-order valence-electron chi connectivity index (χ1n) is 13.4. The molecule has 37 heavy (non-hydrogen) atoms. The highest BCUT2D eigenvalue weighted by atomic mass is 16.3. The van der Waals surface area contributed by atoms with Crippen LogP contribution in [0.15, 0.2) is 53.2 Å². The van der Waals surface area contributed by atoms with Gasteiger partial charge >= 0.3 is 0 Å². The van der Waals surface area contributed by atoms with Crippen LogP contribution in [0, 0.1) is 11.3 Å². The second kappa shape index (κ2) is 9.91. The summed E-state index contributed by atoms with van der Waals surface area (Å²) in [5.74, 6) is 0.768. The molecule has 2 amide bonds. The lowest BCUT2D eigenvalue weighted by Gasteiger charge is -2.35. The maximum Gasteiger partial charge on any atom is 0.287 e. The number of amides is 2. The zero-order valence-corrected chi connectivity index (χ0v) is 21.5. The van der Waals surface area contributed by atoms with Crippen molar-refractivity contribution in [2.75, 3.05) is 52.9 Å². The molecule has 1 unspecified atom stereocenters. The van der Waals surface area contributed by atoms with E-state index in [1.807, 2.05) is 29.2 Å². The number of fused-ring (bicyclic) bond motifs is 1. The van der Waals surface area contributed by atoms with Gasteiger partial charge < -0.3 is 19.5 Å². The second-order valence-corrected chi connectivity index (χ2v) is 11.0. The number of aromatic nitrogens is 1. The predicted octanol–water partition coefficient (Wildman–Crippen LogP) is 3.25. The van der Waals surface area contributed by atoms with Crippen LogP contribution in [0.1, 0.15) is 45.7 Å². The molecule has 4 heterocycles. The summed E-state index contributed by atoms with van der Waals surface area (Å²) in [6.45, 7) is 7.26. The number of piperidine rings is 1. The van der Waals surface area contributed by atoms with Crippen LogP contribution in [0.3, 0.4) is 0 Å². The minimum atomic E-state index is -0.178. The first-order valence-corrected chi connectivity index (χ1v) is 13.4. The number of hydrogen-bond acceptors (Lipinski definition) is 6. The van der Waals surface area contributed by atoms with E-state index in [2.05, 4.69) is 33.2 Å². The zero-order valence-electron chi connectivity index (χ0n) is 21.5. The second-order valence-electron chi connectivity index (χ2n) is 11.0. The van der Waals surface area contributed by atoms with E-state index in [-0.39, 0.29) is 17.2 Å². The van der Waals surface area contributed by atoms with Crippen LogP contribution in [-0.4, -0.2) is 84.4 Å². The van der Waals surface area contributed by atoms with Crippen molar-refractivity contribution in [3.63, 3.8) is 0 Å². The van der Waals surface area contributed by atoms with E-state index in [0.29, 0.717) is 23.8 Å². The molecule has 6 rings (SSSR count). The lowest BCUT2D eigenvalue weighted by atomic mass is 9.90. The number of nitrogens with zero attached hydrogens (tertiary/aromatic N) is 4. The molecule has 1 N–H and O–H groups in total. The fourth-order valence-electron chi connectivity index (χ4n) is 6.07. The quantitative estimate of drug-likeness (QED) is 0.559. The molecule has 1 aromatic carbocycles. The molecule has 0 bridgehead atoms. The maximum absolute atomic E-state index is 13.5. The Balaban J connectivity index is 1.01. The molecule has 1 saturated carbocycles. The lowest BCUT2D eigenvalue weighted by Crippen LogP contribution is -2.44. The number of piperazine rings is 1. The Morgan fingerprint density at radius 3 is 2.65 bits per heavy atom. The van der Waals surface area contributed by atoms with Crippen LogP contribution < -0.4 is 5.32 Å². The molecule has 1 spiro atoms. The standard InChI is InChI=1S/C29H35N5O3/c1-32-12-14-33(15-13-32)20-22-4-2-3-5-24(22)28(36)34-10-7-29(8-11-34)17-23(29)18-31-27(35)25-16-21-6-9-30-19-26(21)37-25/h2-6,9,16,19,23H,7-8,10-15,17-18,20H2,1H3,(H,31,35). The van der Waals surface area contributed by atoms with Gasteiger partial charge in [-0.1, -0.05) is 18.2 Å². The van der Waals surface area contributed by atoms with Gasteiger partial charge in [0.1, 0.15) is 0 Å². The zero-order chi connectivity index (χ0) is 25.4. The number of furan rings is 1. The summed E-state index contributed by atoms with van der Waals surface area (Å²) in [4.78, 5) is 37.0. The molecular weight excluding hydrogens is 466 g/mol. The van der Waals surface area contributed by atoms with Gasteiger partial charge in [0.2, 0.25) is 0 Å². The van der Waals surface area contributed by atoms with Crippen molar-refractivity contribution in [3.8, 4) is 0 Å². The molecule has 2 aromatic heterocycles. The van der Waals surface area contributed by atoms with Crippen LogP contribution >= 0.6 is 0 Å². The average molecular weight is 502 g/mol. The Hall–Kier alpha value is -3.23. The highest BCUT2D eigenvalue weighted by molar-refractivity contribution is 5.96. The molecule has 8 heteroatoms. The molecule has 194 valence electrons. The summed E-state index contributed by atoms with van der Waals surface area (Å²) in [6.07, 6.45) is 6.42. The molecule has 0 radical (unpaired) electrons. The molecule has 1 atom stereocenters. The third-order valence-electron chi connectivity index (χ3n) is 8.70. The van der Waals surface area contributed by atoms with Crippen molar-refractivity contribution >= 4 is 22.8 Å². The van der Waals surface area contributed by atoms with Crippen molar-refractivity contribution < 1.29 is 14.0 Å². The SMILES string of the molecule is CN1CCN(Cc2ccccc2C(=O)N2CCC3(CC2)CC3CNC(=O)c2cc3ccncc3o2)CC1. The number of hydrogen-bond donors (Lipinski definition) is 1. The molecule has 3 aromatic rings. The fraction of sp³-hybridized carbons (Fsp3) is 0.483. The predicted molar refractivity (Wildman–Crippen MR) is 141 cm³/mol. The minimum Gasteiger partial charge on any atom is -0.449 e. The first kappa shape index (κ1) is 24.1. The van der Waals surface area contributed by atoms with E-state index in [0.717, 1.165) is 81.6 Å². The van der Waals surface area contributed by atoms with E-state index < -0.39 is 0 Å². The summed E-state index contributed by atoms with van der Waals surface area (Å²) in [6, 6.07) is 11.7. The molecule has 2 saturated heterocycles. The molecule has 8 nitrogen and oxygen atoms in total. The van der Waals surface area contributed by atoms with Gasteiger partial charge in [0.05, 0.1) is 6.20 Å². The number of rotatable bonds is 6. The maximum atomic E-state index is 13.5. The van der Waals surface area contributed by atoms with Gasteiger partial charge in [-0.2, -0.15) is 0 Å². The number of pyridine rings is 1. The smallest absolute Gasteiger partial charge is 0.287 e. The van der Waals surface area contributed by atoms with Crippen molar-refractivity contribution in [1.29, 1.82) is 0 Å². The summed E-state index contributed by atoms with van der Waals surface area (Å²) in [5.41, 5.74) is 2.85. The Kier molecular flexibility index (Phi) is 6.46. The number of carbonyl (C=O) groups is 2. The largest absolute Gasteiger partial charge is 0.449 e. The minimum absolute atomic E-state index is 0.157. The van der Waals surface area contributed by atoms with Gasteiger partial charge in [0.25, 0.3) is 11.8 Å². The molecule has 3 aliphatic rings. The van der Waals surface area contributed by atoms with E-state index in [9.17, 15) is 9.59 Å². The van der Waals surface area contributed by atoms with Crippen molar-refractivity contribution in [1.82, 2.24) is 25.0 Å². The van der Waals surface area contributed by atoms with Gasteiger partial charge in [-0.25, -0.2) is 0 Å². The molecule has 2 aliphatic heterocycles. The van der Waals surface area contributed by atoms with Crippen LogP contribution in [0.2, 0.25) is 0 Å². The highest BCUT2D eigenvalue weighted by Gasteiger charge is 2.54. The summed E-state index contributed by atoms with van der Waals surface area (Å²) < 4.78 is 5.64. The van der Waals surface area contributed by atoms with Crippen LogP contribution in [0.5, 0.6) is 0 Å². The van der Waals surface area contributed by atoms with Crippen LogP contribution in [0.25, 0.3) is 11.0 Å². The number of carbonyl (C=O) groups excluding carboxylic acids is 2. The van der Waals surface area contributed by atoms with Crippen molar-refractivity contribution in [3.05, 3.63) is 65.7 Å².